The molecule has 0 fully saturated rings. The van der Waals surface area contributed by atoms with E-state index in [9.17, 15) is 4.79 Å². The Balaban J connectivity index is 1.62. The Kier molecular flexibility index (Phi) is 5.90. The fourth-order valence-electron chi connectivity index (χ4n) is 3.01. The Morgan fingerprint density at radius 1 is 1.00 bits per heavy atom. The maximum Gasteiger partial charge on any atom is 0.242 e. The van der Waals surface area contributed by atoms with Gasteiger partial charge in [0, 0.05) is 30.7 Å². The van der Waals surface area contributed by atoms with Gasteiger partial charge in [0.25, 0.3) is 0 Å². The average molecular weight is 416 g/mol. The molecule has 0 saturated heterocycles. The Hall–Kier alpha value is -3.45. The molecule has 0 saturated carbocycles. The lowest BCUT2D eigenvalue weighted by molar-refractivity contribution is -0.115. The molecular weight excluding hydrogens is 394 g/mol. The molecule has 0 bridgehead atoms. The number of thioether (sulfide) groups is 1. The molecule has 0 radical (unpaired) electrons. The molecule has 0 spiro atoms. The van der Waals surface area contributed by atoms with Gasteiger partial charge in [-0.3, -0.25) is 9.78 Å². The molecule has 6 nitrogen and oxygen atoms in total. The van der Waals surface area contributed by atoms with Crippen LogP contribution in [0.4, 0.5) is 5.69 Å². The van der Waals surface area contributed by atoms with Crippen molar-refractivity contribution in [1.29, 1.82) is 0 Å². The van der Waals surface area contributed by atoms with E-state index in [-0.39, 0.29) is 5.91 Å². The van der Waals surface area contributed by atoms with Crippen LogP contribution in [0.15, 0.2) is 84.3 Å². The second kappa shape index (κ2) is 8.92. The largest absolute Gasteiger partial charge is 0.325 e. The molecule has 0 aliphatic carbocycles. The number of anilines is 1. The normalized spacial score (nSPS) is 11.8. The van der Waals surface area contributed by atoms with Crippen LogP contribution in [0.3, 0.4) is 0 Å². The molecule has 2 aromatic heterocycles. The number of aromatic nitrogens is 4. The van der Waals surface area contributed by atoms with Crippen LogP contribution < -0.4 is 5.32 Å². The first-order valence-corrected chi connectivity index (χ1v) is 10.4. The van der Waals surface area contributed by atoms with Crippen molar-refractivity contribution in [3.05, 3.63) is 90.3 Å². The zero-order chi connectivity index (χ0) is 20.9. The highest BCUT2D eigenvalue weighted by Gasteiger charge is 2.25. The summed E-state index contributed by atoms with van der Waals surface area (Å²) in [7, 11) is 1.89. The maximum atomic E-state index is 13.2. The fraction of sp³-hybridized carbons (Fsp3) is 0.130. The van der Waals surface area contributed by atoms with Crippen molar-refractivity contribution in [2.45, 2.75) is 17.3 Å². The van der Waals surface area contributed by atoms with E-state index in [1.165, 1.54) is 11.8 Å². The minimum atomic E-state index is -0.475. The van der Waals surface area contributed by atoms with Crippen LogP contribution in [-0.4, -0.2) is 25.7 Å². The average Bonchev–Trinajstić information content (AvgIpc) is 3.15. The lowest BCUT2D eigenvalue weighted by atomic mass is 10.1. The lowest BCUT2D eigenvalue weighted by Gasteiger charge is -2.16. The van der Waals surface area contributed by atoms with Crippen molar-refractivity contribution in [2.75, 3.05) is 5.32 Å². The van der Waals surface area contributed by atoms with Crippen molar-refractivity contribution in [2.24, 2.45) is 7.05 Å². The number of amides is 1. The van der Waals surface area contributed by atoms with Gasteiger partial charge in [-0.05, 0) is 36.8 Å². The third kappa shape index (κ3) is 4.41. The molecule has 0 aliphatic heterocycles. The molecule has 1 amide bonds. The SMILES string of the molecule is Cc1ccc(NC(=O)C(Sc2nnc(-c3cccnc3)n2C)c2ccccc2)cc1. The number of nitrogens with zero attached hydrogens (tertiary/aromatic N) is 4. The zero-order valence-corrected chi connectivity index (χ0v) is 17.5. The van der Waals surface area contributed by atoms with Gasteiger partial charge in [0.1, 0.15) is 5.25 Å². The Morgan fingerprint density at radius 2 is 1.77 bits per heavy atom. The van der Waals surface area contributed by atoms with E-state index >= 15 is 0 Å². The quantitative estimate of drug-likeness (QED) is 0.464. The number of rotatable bonds is 6. The zero-order valence-electron chi connectivity index (χ0n) is 16.7. The highest BCUT2D eigenvalue weighted by molar-refractivity contribution is 8.00. The van der Waals surface area contributed by atoms with Gasteiger partial charge in [-0.1, -0.05) is 59.8 Å². The molecule has 4 aromatic rings. The molecule has 2 heterocycles. The number of aryl methyl sites for hydroxylation is 1. The van der Waals surface area contributed by atoms with Gasteiger partial charge < -0.3 is 9.88 Å². The van der Waals surface area contributed by atoms with E-state index in [2.05, 4.69) is 20.5 Å². The van der Waals surface area contributed by atoms with Crippen LogP contribution in [0.25, 0.3) is 11.4 Å². The van der Waals surface area contributed by atoms with E-state index in [1.807, 2.05) is 85.3 Å². The number of hydrogen-bond acceptors (Lipinski definition) is 5. The number of pyridine rings is 1. The van der Waals surface area contributed by atoms with Crippen LogP contribution in [0.2, 0.25) is 0 Å². The minimum absolute atomic E-state index is 0.110. The van der Waals surface area contributed by atoms with Crippen molar-refractivity contribution < 1.29 is 4.79 Å². The molecule has 150 valence electrons. The van der Waals surface area contributed by atoms with E-state index in [0.717, 1.165) is 22.4 Å². The summed E-state index contributed by atoms with van der Waals surface area (Å²) in [5.74, 6) is 0.595. The van der Waals surface area contributed by atoms with Gasteiger partial charge in [0.2, 0.25) is 5.91 Å². The molecule has 1 N–H and O–H groups in total. The Bertz CT molecular complexity index is 1130. The van der Waals surface area contributed by atoms with Crippen LogP contribution in [-0.2, 0) is 11.8 Å². The summed E-state index contributed by atoms with van der Waals surface area (Å²) in [6.07, 6.45) is 3.47. The smallest absolute Gasteiger partial charge is 0.242 e. The highest BCUT2D eigenvalue weighted by atomic mass is 32.2. The summed E-state index contributed by atoms with van der Waals surface area (Å²) in [4.78, 5) is 17.3. The third-order valence-corrected chi connectivity index (χ3v) is 5.93. The van der Waals surface area contributed by atoms with Crippen molar-refractivity contribution in [3.63, 3.8) is 0 Å². The number of carbonyl (C=O) groups excluding carboxylic acids is 1. The molecule has 1 unspecified atom stereocenters. The summed E-state index contributed by atoms with van der Waals surface area (Å²) in [5.41, 5.74) is 3.68. The van der Waals surface area contributed by atoms with E-state index in [1.54, 1.807) is 12.4 Å². The topological polar surface area (TPSA) is 72.7 Å². The third-order valence-electron chi connectivity index (χ3n) is 4.64. The van der Waals surface area contributed by atoms with Gasteiger partial charge in [-0.25, -0.2) is 0 Å². The molecule has 1 atom stereocenters. The summed E-state index contributed by atoms with van der Waals surface area (Å²) in [6.45, 7) is 2.02. The monoisotopic (exact) mass is 415 g/mol. The van der Waals surface area contributed by atoms with Crippen molar-refractivity contribution in [1.82, 2.24) is 19.7 Å². The summed E-state index contributed by atoms with van der Waals surface area (Å²) < 4.78 is 1.89. The number of nitrogens with one attached hydrogen (secondary N) is 1. The Morgan fingerprint density at radius 3 is 2.47 bits per heavy atom. The first-order valence-electron chi connectivity index (χ1n) is 9.51. The Labute approximate surface area is 179 Å². The van der Waals surface area contributed by atoms with Gasteiger partial charge in [-0.15, -0.1) is 10.2 Å². The summed E-state index contributed by atoms with van der Waals surface area (Å²) >= 11 is 1.37. The molecule has 7 heteroatoms. The fourth-order valence-corrected chi connectivity index (χ4v) is 4.02. The van der Waals surface area contributed by atoms with Gasteiger partial charge in [0.05, 0.1) is 0 Å². The second-order valence-corrected chi connectivity index (χ2v) is 7.94. The predicted octanol–water partition coefficient (Wildman–Crippen LogP) is 4.66. The predicted molar refractivity (Wildman–Crippen MR) is 119 cm³/mol. The van der Waals surface area contributed by atoms with Gasteiger partial charge in [0.15, 0.2) is 11.0 Å². The van der Waals surface area contributed by atoms with Crippen LogP contribution >= 0.6 is 11.8 Å². The van der Waals surface area contributed by atoms with Crippen LogP contribution in [0, 0.1) is 6.92 Å². The van der Waals surface area contributed by atoms with E-state index < -0.39 is 5.25 Å². The number of benzene rings is 2. The van der Waals surface area contributed by atoms with Crippen molar-refractivity contribution >= 4 is 23.4 Å². The number of carbonyl (C=O) groups is 1. The van der Waals surface area contributed by atoms with Crippen LogP contribution in [0.5, 0.6) is 0 Å². The second-order valence-electron chi connectivity index (χ2n) is 6.87. The van der Waals surface area contributed by atoms with Gasteiger partial charge in [-0.2, -0.15) is 0 Å². The van der Waals surface area contributed by atoms with E-state index in [4.69, 9.17) is 0 Å². The first kappa shape index (κ1) is 19.8. The van der Waals surface area contributed by atoms with Gasteiger partial charge >= 0.3 is 0 Å². The standard InChI is InChI=1S/C23H21N5OS/c1-16-10-12-19(13-11-16)25-22(29)20(17-7-4-3-5-8-17)30-23-27-26-21(28(23)2)18-9-6-14-24-15-18/h3-15,20H,1-2H3,(H,25,29). The van der Waals surface area contributed by atoms with Crippen LogP contribution in [0.1, 0.15) is 16.4 Å². The van der Waals surface area contributed by atoms with E-state index in [0.29, 0.717) is 11.0 Å². The lowest BCUT2D eigenvalue weighted by Crippen LogP contribution is -2.19. The summed E-state index contributed by atoms with van der Waals surface area (Å²) in [6, 6.07) is 21.3. The molecule has 2 aromatic carbocycles. The summed E-state index contributed by atoms with van der Waals surface area (Å²) in [5, 5.41) is 11.8. The first-order chi connectivity index (χ1) is 14.6. The molecular formula is C23H21N5OS. The minimum Gasteiger partial charge on any atom is -0.325 e. The molecule has 30 heavy (non-hydrogen) atoms. The van der Waals surface area contributed by atoms with Crippen molar-refractivity contribution in [3.8, 4) is 11.4 Å². The maximum absolute atomic E-state index is 13.2. The molecule has 0 aliphatic rings. The molecule has 4 rings (SSSR count). The number of hydrogen-bond donors (Lipinski definition) is 1. The highest BCUT2D eigenvalue weighted by Crippen LogP contribution is 2.36.